The maximum absolute atomic E-state index is 9.26. The van der Waals surface area contributed by atoms with Crippen LogP contribution in [0.3, 0.4) is 0 Å². The number of imidazole rings is 1. The minimum absolute atomic E-state index is 0.173. The van der Waals surface area contributed by atoms with Crippen LogP contribution in [0.15, 0.2) is 24.5 Å². The summed E-state index contributed by atoms with van der Waals surface area (Å²) in [7, 11) is 0. The van der Waals surface area contributed by atoms with Crippen LogP contribution in [0.25, 0.3) is 5.65 Å². The zero-order chi connectivity index (χ0) is 14.7. The molecule has 2 N–H and O–H groups in total. The van der Waals surface area contributed by atoms with Crippen molar-refractivity contribution in [3.63, 3.8) is 0 Å². The van der Waals surface area contributed by atoms with E-state index in [0.717, 1.165) is 31.0 Å². The molecule has 0 spiro atoms. The van der Waals surface area contributed by atoms with E-state index in [2.05, 4.69) is 15.2 Å². The highest BCUT2D eigenvalue weighted by molar-refractivity contribution is 6.30. The summed E-state index contributed by atoms with van der Waals surface area (Å²) in [6.45, 7) is 3.65. The van der Waals surface area contributed by atoms with Gasteiger partial charge in [-0.25, -0.2) is 4.98 Å². The van der Waals surface area contributed by atoms with Crippen molar-refractivity contribution in [2.24, 2.45) is 0 Å². The van der Waals surface area contributed by atoms with Crippen molar-refractivity contribution in [2.45, 2.75) is 25.4 Å². The molecule has 0 aromatic carbocycles. The lowest BCUT2D eigenvalue weighted by Crippen LogP contribution is -2.38. The number of nitrogens with one attached hydrogen (secondary N) is 1. The lowest BCUT2D eigenvalue weighted by molar-refractivity contribution is 0.178. The molecule has 1 unspecified atom stereocenters. The Morgan fingerprint density at radius 3 is 3.10 bits per heavy atom. The Kier molecular flexibility index (Phi) is 4.75. The molecular formula is C15H21ClN4O. The number of aromatic nitrogens is 2. The molecule has 0 radical (unpaired) electrons. The van der Waals surface area contributed by atoms with Gasteiger partial charge >= 0.3 is 0 Å². The van der Waals surface area contributed by atoms with Crippen LogP contribution < -0.4 is 5.32 Å². The van der Waals surface area contributed by atoms with Gasteiger partial charge in [-0.15, -0.1) is 0 Å². The molecule has 6 heteroatoms. The maximum atomic E-state index is 9.26. The molecule has 1 atom stereocenters. The van der Waals surface area contributed by atoms with E-state index in [0.29, 0.717) is 17.6 Å². The minimum Gasteiger partial charge on any atom is -0.395 e. The predicted molar refractivity (Wildman–Crippen MR) is 83.6 cm³/mol. The summed E-state index contributed by atoms with van der Waals surface area (Å²) in [5, 5.41) is 13.5. The highest BCUT2D eigenvalue weighted by atomic mass is 35.5. The number of halogens is 1. The van der Waals surface area contributed by atoms with Crippen LogP contribution >= 0.6 is 11.6 Å². The van der Waals surface area contributed by atoms with Gasteiger partial charge < -0.3 is 14.8 Å². The Morgan fingerprint density at radius 1 is 1.43 bits per heavy atom. The molecule has 3 heterocycles. The molecule has 1 saturated heterocycles. The van der Waals surface area contributed by atoms with E-state index in [1.165, 1.54) is 12.8 Å². The molecular weight excluding hydrogens is 288 g/mol. The van der Waals surface area contributed by atoms with Crippen molar-refractivity contribution < 1.29 is 5.11 Å². The first kappa shape index (κ1) is 14.8. The zero-order valence-corrected chi connectivity index (χ0v) is 12.8. The number of hydrogen-bond acceptors (Lipinski definition) is 4. The standard InChI is InChI=1S/C15H21ClN4O/c16-12-3-4-15-18-14(11-20(15)8-12)10-19(6-7-21)9-13-2-1-5-17-13/h3-4,8,11,13,17,21H,1-2,5-7,9-10H2. The normalized spacial score (nSPS) is 18.9. The second kappa shape index (κ2) is 6.75. The lowest BCUT2D eigenvalue weighted by atomic mass is 10.2. The highest BCUT2D eigenvalue weighted by Crippen LogP contribution is 2.14. The third-order valence-electron chi connectivity index (χ3n) is 3.91. The fourth-order valence-corrected chi connectivity index (χ4v) is 3.09. The van der Waals surface area contributed by atoms with Crippen LogP contribution in [-0.4, -0.2) is 51.7 Å². The van der Waals surface area contributed by atoms with Crippen molar-refractivity contribution in [3.8, 4) is 0 Å². The molecule has 5 nitrogen and oxygen atoms in total. The van der Waals surface area contributed by atoms with Crippen LogP contribution in [0.4, 0.5) is 0 Å². The summed E-state index contributed by atoms with van der Waals surface area (Å²) in [6.07, 6.45) is 6.32. The van der Waals surface area contributed by atoms with E-state index in [1.807, 2.05) is 28.9 Å². The second-order valence-electron chi connectivity index (χ2n) is 5.60. The molecule has 1 aliphatic rings. The molecule has 114 valence electrons. The van der Waals surface area contributed by atoms with Crippen LogP contribution in [-0.2, 0) is 6.54 Å². The van der Waals surface area contributed by atoms with Gasteiger partial charge in [0.2, 0.25) is 0 Å². The molecule has 0 saturated carbocycles. The van der Waals surface area contributed by atoms with E-state index in [9.17, 15) is 5.11 Å². The number of aliphatic hydroxyl groups is 1. The summed E-state index contributed by atoms with van der Waals surface area (Å²) < 4.78 is 1.95. The zero-order valence-electron chi connectivity index (χ0n) is 12.0. The summed E-state index contributed by atoms with van der Waals surface area (Å²) >= 11 is 6.00. The van der Waals surface area contributed by atoms with E-state index >= 15 is 0 Å². The van der Waals surface area contributed by atoms with Crippen molar-refractivity contribution in [1.29, 1.82) is 0 Å². The monoisotopic (exact) mass is 308 g/mol. The second-order valence-corrected chi connectivity index (χ2v) is 6.03. The summed E-state index contributed by atoms with van der Waals surface area (Å²) in [4.78, 5) is 6.87. The molecule has 21 heavy (non-hydrogen) atoms. The number of nitrogens with zero attached hydrogens (tertiary/aromatic N) is 3. The van der Waals surface area contributed by atoms with Crippen LogP contribution in [0, 0.1) is 0 Å². The third-order valence-corrected chi connectivity index (χ3v) is 4.13. The largest absolute Gasteiger partial charge is 0.395 e. The van der Waals surface area contributed by atoms with Crippen molar-refractivity contribution in [1.82, 2.24) is 19.6 Å². The Balaban J connectivity index is 1.70. The SMILES string of the molecule is OCCN(Cc1cn2cc(Cl)ccc2n1)CC1CCCN1. The van der Waals surface area contributed by atoms with Crippen LogP contribution in [0.2, 0.25) is 5.02 Å². The van der Waals surface area contributed by atoms with Gasteiger partial charge in [0.1, 0.15) is 5.65 Å². The first-order valence-electron chi connectivity index (χ1n) is 7.44. The van der Waals surface area contributed by atoms with Crippen molar-refractivity contribution in [3.05, 3.63) is 35.2 Å². The Bertz CT molecular complexity index is 594. The molecule has 0 amide bonds. The molecule has 1 aliphatic heterocycles. The summed E-state index contributed by atoms with van der Waals surface area (Å²) in [6, 6.07) is 4.30. The fraction of sp³-hybridized carbons (Fsp3) is 0.533. The predicted octanol–water partition coefficient (Wildman–Crippen LogP) is 1.53. The third kappa shape index (κ3) is 3.74. The number of rotatable bonds is 6. The Labute approximate surface area is 129 Å². The van der Waals surface area contributed by atoms with Gasteiger partial charge in [-0.3, -0.25) is 4.90 Å². The molecule has 2 aromatic heterocycles. The van der Waals surface area contributed by atoms with Gasteiger partial charge in [0.25, 0.3) is 0 Å². The van der Waals surface area contributed by atoms with Crippen LogP contribution in [0.5, 0.6) is 0 Å². The molecule has 0 bridgehead atoms. The first-order valence-corrected chi connectivity index (χ1v) is 7.82. The number of pyridine rings is 1. The first-order chi connectivity index (χ1) is 10.2. The lowest BCUT2D eigenvalue weighted by Gasteiger charge is -2.23. The highest BCUT2D eigenvalue weighted by Gasteiger charge is 2.18. The topological polar surface area (TPSA) is 52.8 Å². The van der Waals surface area contributed by atoms with Gasteiger partial charge in [-0.05, 0) is 31.5 Å². The van der Waals surface area contributed by atoms with Gasteiger partial charge in [0.15, 0.2) is 0 Å². The average Bonchev–Trinajstić information content (AvgIpc) is 3.07. The minimum atomic E-state index is 0.173. The molecule has 1 fully saturated rings. The maximum Gasteiger partial charge on any atom is 0.137 e. The number of fused-ring (bicyclic) bond motifs is 1. The molecule has 3 rings (SSSR count). The summed E-state index contributed by atoms with van der Waals surface area (Å²) in [5.41, 5.74) is 1.90. The van der Waals surface area contributed by atoms with Gasteiger partial charge in [0.05, 0.1) is 17.3 Å². The van der Waals surface area contributed by atoms with E-state index in [-0.39, 0.29) is 6.61 Å². The van der Waals surface area contributed by atoms with Gasteiger partial charge in [-0.1, -0.05) is 11.6 Å². The molecule has 2 aromatic rings. The van der Waals surface area contributed by atoms with Crippen molar-refractivity contribution >= 4 is 17.2 Å². The quantitative estimate of drug-likeness (QED) is 0.850. The van der Waals surface area contributed by atoms with E-state index in [4.69, 9.17) is 11.6 Å². The number of hydrogen-bond donors (Lipinski definition) is 2. The van der Waals surface area contributed by atoms with Gasteiger partial charge in [0, 0.05) is 38.1 Å². The molecule has 0 aliphatic carbocycles. The Morgan fingerprint density at radius 2 is 2.33 bits per heavy atom. The van der Waals surface area contributed by atoms with Crippen LogP contribution in [0.1, 0.15) is 18.5 Å². The fourth-order valence-electron chi connectivity index (χ4n) is 2.92. The van der Waals surface area contributed by atoms with Crippen molar-refractivity contribution in [2.75, 3.05) is 26.2 Å². The smallest absolute Gasteiger partial charge is 0.137 e. The van der Waals surface area contributed by atoms with Gasteiger partial charge in [-0.2, -0.15) is 0 Å². The Hall–Kier alpha value is -1.14. The van der Waals surface area contributed by atoms with E-state index < -0.39 is 0 Å². The number of aliphatic hydroxyl groups excluding tert-OH is 1. The van der Waals surface area contributed by atoms with E-state index in [1.54, 1.807) is 0 Å². The summed E-state index contributed by atoms with van der Waals surface area (Å²) in [5.74, 6) is 0. The average molecular weight is 309 g/mol.